The van der Waals surface area contributed by atoms with Gasteiger partial charge in [-0.1, -0.05) is 0 Å². The third-order valence-corrected chi connectivity index (χ3v) is 1.66. The van der Waals surface area contributed by atoms with Crippen LogP contribution in [0.5, 0.6) is 0 Å². The van der Waals surface area contributed by atoms with Gasteiger partial charge < -0.3 is 39.4 Å². The second kappa shape index (κ2) is 8.23. The molecule has 0 amide bonds. The van der Waals surface area contributed by atoms with Gasteiger partial charge in [-0.15, -0.1) is 0 Å². The molecule has 0 aromatic rings. The average Bonchev–Trinajstić information content (AvgIpc) is 2.28. The summed E-state index contributed by atoms with van der Waals surface area (Å²) in [6, 6.07) is 0. The molecular formula is C8H10O12. The van der Waals surface area contributed by atoms with Crippen LogP contribution in [-0.4, -0.2) is 70.5 Å². The minimum absolute atomic E-state index is 0.914. The quantitative estimate of drug-likeness (QED) is 0.377. The average molecular weight is 298 g/mol. The molecule has 114 valence electrons. The van der Waals surface area contributed by atoms with E-state index in [1.807, 2.05) is 0 Å². The maximum Gasteiger partial charge on any atom is 0.506 e. The van der Waals surface area contributed by atoms with Gasteiger partial charge in [0.1, 0.15) is 13.2 Å². The van der Waals surface area contributed by atoms with Crippen molar-refractivity contribution < 1.29 is 58.6 Å². The van der Waals surface area contributed by atoms with Gasteiger partial charge in [0.2, 0.25) is 0 Å². The first-order valence-corrected chi connectivity index (χ1v) is 4.73. The van der Waals surface area contributed by atoms with Gasteiger partial charge in [0.25, 0.3) is 0 Å². The van der Waals surface area contributed by atoms with Crippen LogP contribution in [0.4, 0.5) is 19.2 Å². The monoisotopic (exact) mass is 298 g/mol. The molecule has 2 unspecified atom stereocenters. The number of carbonyl (C=O) groups is 4. The lowest BCUT2D eigenvalue weighted by molar-refractivity contribution is -0.0846. The molecule has 0 radical (unpaired) electrons. The van der Waals surface area contributed by atoms with E-state index in [-0.39, 0.29) is 0 Å². The minimum atomic E-state index is -1.88. The van der Waals surface area contributed by atoms with Crippen molar-refractivity contribution in [1.82, 2.24) is 0 Å². The Kier molecular flexibility index (Phi) is 7.03. The van der Waals surface area contributed by atoms with Crippen LogP contribution in [-0.2, 0) is 18.9 Å². The van der Waals surface area contributed by atoms with E-state index in [0.717, 1.165) is 0 Å². The molecule has 0 aromatic carbocycles. The summed E-state index contributed by atoms with van der Waals surface area (Å²) in [7, 11) is 0. The van der Waals surface area contributed by atoms with Crippen molar-refractivity contribution >= 4 is 24.6 Å². The Bertz CT molecular complexity index is 340. The third kappa shape index (κ3) is 8.21. The number of hydrogen-bond acceptors (Lipinski definition) is 8. The number of carboxylic acid groups (broad SMARTS) is 4. The molecule has 2 atom stereocenters. The van der Waals surface area contributed by atoms with Crippen LogP contribution in [0.3, 0.4) is 0 Å². The van der Waals surface area contributed by atoms with Gasteiger partial charge in [0.15, 0.2) is 12.2 Å². The van der Waals surface area contributed by atoms with Crippen LogP contribution in [0.2, 0.25) is 0 Å². The Morgan fingerprint density at radius 3 is 1.15 bits per heavy atom. The molecule has 0 heterocycles. The highest BCUT2D eigenvalue weighted by Crippen LogP contribution is 2.08. The fraction of sp³-hybridized carbons (Fsp3) is 0.500. The van der Waals surface area contributed by atoms with Gasteiger partial charge in [0.05, 0.1) is 0 Å². The lowest BCUT2D eigenvalue weighted by Crippen LogP contribution is -2.42. The summed E-state index contributed by atoms with van der Waals surface area (Å²) in [5.41, 5.74) is 0. The molecule has 0 fully saturated rings. The van der Waals surface area contributed by atoms with E-state index < -0.39 is 50.0 Å². The number of rotatable bonds is 7. The lowest BCUT2D eigenvalue weighted by Gasteiger charge is -2.23. The summed E-state index contributed by atoms with van der Waals surface area (Å²) < 4.78 is 16.4. The van der Waals surface area contributed by atoms with Crippen molar-refractivity contribution in [3.8, 4) is 0 Å². The first kappa shape index (κ1) is 17.1. The summed E-state index contributed by atoms with van der Waals surface area (Å²) in [4.78, 5) is 41.2. The Morgan fingerprint density at radius 1 is 0.650 bits per heavy atom. The molecule has 0 rings (SSSR count). The highest BCUT2D eigenvalue weighted by atomic mass is 16.7. The zero-order valence-corrected chi connectivity index (χ0v) is 9.62. The number of ether oxygens (including phenoxy) is 4. The van der Waals surface area contributed by atoms with Crippen LogP contribution in [0.25, 0.3) is 0 Å². The maximum absolute atomic E-state index is 10.4. The molecular weight excluding hydrogens is 288 g/mol. The van der Waals surface area contributed by atoms with E-state index in [9.17, 15) is 19.2 Å². The summed E-state index contributed by atoms with van der Waals surface area (Å²) in [5, 5.41) is 33.4. The van der Waals surface area contributed by atoms with Gasteiger partial charge in [-0.25, -0.2) is 19.2 Å². The van der Waals surface area contributed by atoms with E-state index in [1.165, 1.54) is 0 Å². The van der Waals surface area contributed by atoms with E-state index in [2.05, 4.69) is 18.9 Å². The second-order valence-electron chi connectivity index (χ2n) is 3.00. The first-order valence-electron chi connectivity index (χ1n) is 4.73. The van der Waals surface area contributed by atoms with Gasteiger partial charge >= 0.3 is 24.6 Å². The van der Waals surface area contributed by atoms with Crippen molar-refractivity contribution in [2.75, 3.05) is 13.2 Å². The van der Waals surface area contributed by atoms with Crippen LogP contribution in [0, 0.1) is 0 Å². The molecule has 0 saturated heterocycles. The predicted molar refractivity (Wildman–Crippen MR) is 53.7 cm³/mol. The molecule has 0 bridgehead atoms. The van der Waals surface area contributed by atoms with Crippen molar-refractivity contribution in [2.45, 2.75) is 12.2 Å². The van der Waals surface area contributed by atoms with Crippen LogP contribution in [0.15, 0.2) is 0 Å². The van der Waals surface area contributed by atoms with Crippen molar-refractivity contribution in [3.05, 3.63) is 0 Å². The summed E-state index contributed by atoms with van der Waals surface area (Å²) in [6.45, 7) is -1.83. The Labute approximate surface area is 110 Å². The van der Waals surface area contributed by atoms with Gasteiger partial charge in [0, 0.05) is 0 Å². The Hall–Kier alpha value is -2.92. The fourth-order valence-corrected chi connectivity index (χ4v) is 1.00. The molecule has 12 nitrogen and oxygen atoms in total. The van der Waals surface area contributed by atoms with Crippen molar-refractivity contribution in [1.29, 1.82) is 0 Å². The van der Waals surface area contributed by atoms with Crippen molar-refractivity contribution in [3.63, 3.8) is 0 Å². The molecule has 0 aromatic heterocycles. The van der Waals surface area contributed by atoms with Gasteiger partial charge in [-0.3, -0.25) is 0 Å². The molecule has 0 aliphatic rings. The highest BCUT2D eigenvalue weighted by molar-refractivity contribution is 5.59. The van der Waals surface area contributed by atoms with E-state index in [0.29, 0.717) is 0 Å². The minimum Gasteiger partial charge on any atom is -0.450 e. The van der Waals surface area contributed by atoms with Gasteiger partial charge in [-0.05, 0) is 0 Å². The lowest BCUT2D eigenvalue weighted by atomic mass is 10.2. The number of hydrogen-bond donors (Lipinski definition) is 4. The molecule has 4 N–H and O–H groups in total. The highest BCUT2D eigenvalue weighted by Gasteiger charge is 2.32. The van der Waals surface area contributed by atoms with Crippen LogP contribution >= 0.6 is 0 Å². The summed E-state index contributed by atoms with van der Waals surface area (Å²) in [6.07, 6.45) is -10.8. The molecule has 20 heavy (non-hydrogen) atoms. The normalized spacial score (nSPS) is 12.6. The second-order valence-corrected chi connectivity index (χ2v) is 3.00. The molecule has 0 spiro atoms. The Balaban J connectivity index is 4.83. The fourth-order valence-electron chi connectivity index (χ4n) is 1.00. The molecule has 0 aliphatic heterocycles. The predicted octanol–water partition coefficient (Wildman–Crippen LogP) is 0.502. The summed E-state index contributed by atoms with van der Waals surface area (Å²) in [5.74, 6) is 0. The first-order chi connectivity index (χ1) is 9.22. The smallest absolute Gasteiger partial charge is 0.450 e. The topological polar surface area (TPSA) is 186 Å². The van der Waals surface area contributed by atoms with Gasteiger partial charge in [-0.2, -0.15) is 0 Å². The van der Waals surface area contributed by atoms with E-state index >= 15 is 0 Å². The van der Waals surface area contributed by atoms with E-state index in [4.69, 9.17) is 20.4 Å². The largest absolute Gasteiger partial charge is 0.506 e. The zero-order chi connectivity index (χ0) is 15.7. The van der Waals surface area contributed by atoms with E-state index in [1.54, 1.807) is 0 Å². The summed E-state index contributed by atoms with van der Waals surface area (Å²) >= 11 is 0. The molecule has 12 heteroatoms. The Morgan fingerprint density at radius 2 is 0.950 bits per heavy atom. The third-order valence-electron chi connectivity index (χ3n) is 1.66. The SMILES string of the molecule is O=C(O)OCC(OC(=O)O)C(COC(=O)O)OC(=O)O. The maximum atomic E-state index is 10.4. The molecule has 0 aliphatic carbocycles. The van der Waals surface area contributed by atoms with Crippen LogP contribution in [0.1, 0.15) is 0 Å². The molecule has 0 saturated carbocycles. The zero-order valence-electron chi connectivity index (χ0n) is 9.62. The standard InChI is InChI=1S/C8H10O12/c9-5(10)17-1-3(19-7(13)14)4(20-8(15)16)2-18-6(11)12/h3-4H,1-2H2,(H,9,10)(H,11,12)(H,13,14)(H,15,16). The van der Waals surface area contributed by atoms with Crippen LogP contribution < -0.4 is 0 Å². The van der Waals surface area contributed by atoms with Crippen molar-refractivity contribution in [2.24, 2.45) is 0 Å².